The minimum absolute atomic E-state index is 0.0142. The van der Waals surface area contributed by atoms with Gasteiger partial charge in [0.1, 0.15) is 0 Å². The molecule has 4 heteroatoms. The molecule has 0 heterocycles. The molecule has 2 aliphatic carbocycles. The number of aryl methyl sites for hydroxylation is 2. The molecule has 0 N–H and O–H groups in total. The number of allylic oxidation sites excluding steroid dienone is 2. The SMILES string of the molecule is CC1=Cc2c(ccc(C(C)(C)C)c2-c2ccccc2C)[CH]1[Zr]([Cl])([Cl])([CH]1C(C)=Cc2c1ccc(C(C)(C)C)c2-c1ccccc1C)[SiH](C)C. The van der Waals surface area contributed by atoms with Crippen molar-refractivity contribution in [1.29, 1.82) is 0 Å². The van der Waals surface area contributed by atoms with Gasteiger partial charge in [0.05, 0.1) is 0 Å². The fourth-order valence-electron chi connectivity index (χ4n) is 9.03. The Balaban J connectivity index is 1.64. The first-order chi connectivity index (χ1) is 22.3. The number of halogens is 2. The molecule has 0 spiro atoms. The number of hydrogen-bond acceptors (Lipinski definition) is 0. The summed E-state index contributed by atoms with van der Waals surface area (Å²) in [6.07, 6.45) is 4.92. The second kappa shape index (κ2) is 12.1. The summed E-state index contributed by atoms with van der Waals surface area (Å²) in [6.45, 7) is 28.0. The van der Waals surface area contributed by atoms with Gasteiger partial charge in [-0.2, -0.15) is 0 Å². The summed E-state index contributed by atoms with van der Waals surface area (Å²) < 4.78 is 0.133. The summed E-state index contributed by atoms with van der Waals surface area (Å²) in [5.41, 5.74) is 18.7. The number of fused-ring (bicyclic) bond motifs is 2. The Morgan fingerprint density at radius 3 is 1.21 bits per heavy atom. The van der Waals surface area contributed by atoms with Crippen LogP contribution in [0, 0.1) is 13.8 Å². The van der Waals surface area contributed by atoms with Crippen LogP contribution in [0.1, 0.15) is 107 Å². The van der Waals surface area contributed by atoms with Crippen LogP contribution in [0.15, 0.2) is 83.9 Å². The quantitative estimate of drug-likeness (QED) is 0.177. The van der Waals surface area contributed by atoms with Crippen LogP contribution in [-0.4, -0.2) is 5.92 Å². The van der Waals surface area contributed by atoms with Gasteiger partial charge in [0.2, 0.25) is 0 Å². The first kappa shape index (κ1) is 35.9. The van der Waals surface area contributed by atoms with Crippen LogP contribution < -0.4 is 0 Å². The predicted octanol–water partition coefficient (Wildman–Crippen LogP) is 13.8. The molecular weight excluding hydrogens is 719 g/mol. The van der Waals surface area contributed by atoms with Gasteiger partial charge in [0, 0.05) is 0 Å². The molecule has 0 saturated carbocycles. The Hall–Kier alpha value is -1.96. The van der Waals surface area contributed by atoms with Gasteiger partial charge in [-0.25, -0.2) is 0 Å². The summed E-state index contributed by atoms with van der Waals surface area (Å²) in [5, 5.41) is 0. The zero-order valence-electron chi connectivity index (χ0n) is 31.1. The molecule has 0 nitrogen and oxygen atoms in total. The van der Waals surface area contributed by atoms with Gasteiger partial charge in [-0.1, -0.05) is 0 Å². The second-order valence-corrected chi connectivity index (χ2v) is 59.6. The van der Waals surface area contributed by atoms with E-state index in [2.05, 4.69) is 167 Å². The van der Waals surface area contributed by atoms with Crippen molar-refractivity contribution in [1.82, 2.24) is 0 Å². The molecule has 4 aromatic rings. The average molecular weight is 772 g/mol. The zero-order valence-corrected chi connectivity index (χ0v) is 36.2. The molecule has 0 radical (unpaired) electrons. The molecule has 2 unspecified atom stereocenters. The predicted molar refractivity (Wildman–Crippen MR) is 214 cm³/mol. The van der Waals surface area contributed by atoms with Gasteiger partial charge in [0.15, 0.2) is 0 Å². The Labute approximate surface area is 299 Å². The third kappa shape index (κ3) is 5.48. The Morgan fingerprint density at radius 2 is 0.896 bits per heavy atom. The monoisotopic (exact) mass is 769 g/mol. The standard InChI is InChI=1S/2C21H23.C2H7Si.2ClH.Zr/c2*1-14-12-16-10-11-19(21(3,4)5)20(18(16)13-14)17-9-7-6-8-15(17)2;1-3-2;;;/h2*6-13H,1-5H3;3H,1-2H3;2*1H;/q;;;;;+2/p-2. The van der Waals surface area contributed by atoms with E-state index in [1.165, 1.54) is 77.9 Å². The minimum atomic E-state index is -4.84. The van der Waals surface area contributed by atoms with E-state index in [0.29, 0.717) is 0 Å². The van der Waals surface area contributed by atoms with Crippen LogP contribution >= 0.6 is 17.0 Å². The van der Waals surface area contributed by atoms with E-state index in [9.17, 15) is 0 Å². The van der Waals surface area contributed by atoms with E-state index < -0.39 is 21.5 Å². The first-order valence-electron chi connectivity index (χ1n) is 17.7. The van der Waals surface area contributed by atoms with Crippen LogP contribution in [0.2, 0.25) is 13.1 Å². The maximum absolute atomic E-state index is 8.66. The molecule has 0 aliphatic heterocycles. The zero-order chi connectivity index (χ0) is 35.2. The molecule has 251 valence electrons. The van der Waals surface area contributed by atoms with E-state index in [0.717, 1.165) is 0 Å². The normalized spacial score (nSPS) is 18.7. The summed E-state index contributed by atoms with van der Waals surface area (Å²) in [7, 11) is 17.3. The molecule has 48 heavy (non-hydrogen) atoms. The number of rotatable bonds is 5. The van der Waals surface area contributed by atoms with Crippen LogP contribution in [0.5, 0.6) is 0 Å². The second-order valence-electron chi connectivity index (χ2n) is 17.1. The summed E-state index contributed by atoms with van der Waals surface area (Å²) >= 11 is -4.84. The van der Waals surface area contributed by atoms with Gasteiger partial charge in [0.25, 0.3) is 0 Å². The molecule has 0 fully saturated rings. The van der Waals surface area contributed by atoms with Crippen molar-refractivity contribution in [2.75, 3.05) is 0 Å². The van der Waals surface area contributed by atoms with Crippen molar-refractivity contribution < 1.29 is 15.6 Å². The molecule has 0 aromatic heterocycles. The molecular formula is C44H53Cl2SiZr. The Kier molecular flexibility index (Phi) is 9.02. The van der Waals surface area contributed by atoms with Gasteiger partial charge < -0.3 is 0 Å². The van der Waals surface area contributed by atoms with E-state index in [1.54, 1.807) is 0 Å². The van der Waals surface area contributed by atoms with Crippen LogP contribution in [0.3, 0.4) is 0 Å². The van der Waals surface area contributed by atoms with Gasteiger partial charge >= 0.3 is 302 Å². The first-order valence-corrected chi connectivity index (χ1v) is 34.0. The Morgan fingerprint density at radius 1 is 0.542 bits per heavy atom. The topological polar surface area (TPSA) is 0 Å². The van der Waals surface area contributed by atoms with Gasteiger partial charge in [-0.3, -0.25) is 0 Å². The summed E-state index contributed by atoms with van der Waals surface area (Å²) in [6, 6.07) is 27.3. The third-order valence-corrected chi connectivity index (χ3v) is 63.8. The molecule has 0 saturated heterocycles. The third-order valence-electron chi connectivity index (χ3n) is 11.5. The van der Waals surface area contributed by atoms with Crippen molar-refractivity contribution in [3.8, 4) is 22.3 Å². The van der Waals surface area contributed by atoms with Crippen molar-refractivity contribution in [3.05, 3.63) is 128 Å². The fraction of sp³-hybridized carbons (Fsp3) is 0.364. The summed E-state index contributed by atoms with van der Waals surface area (Å²) in [4.78, 5) is 0. The van der Waals surface area contributed by atoms with E-state index in [4.69, 9.17) is 17.0 Å². The summed E-state index contributed by atoms with van der Waals surface area (Å²) in [5.74, 6) is -1.65. The molecule has 2 aliphatic rings. The van der Waals surface area contributed by atoms with Crippen LogP contribution in [-0.2, 0) is 26.4 Å². The van der Waals surface area contributed by atoms with Crippen LogP contribution in [0.25, 0.3) is 34.4 Å². The van der Waals surface area contributed by atoms with Crippen molar-refractivity contribution in [2.45, 2.75) is 100 Å². The van der Waals surface area contributed by atoms with Crippen molar-refractivity contribution >= 4 is 35.1 Å². The fourth-order valence-corrected chi connectivity index (χ4v) is 42.0. The molecule has 2 atom stereocenters. The number of hydrogen-bond donors (Lipinski definition) is 0. The molecule has 6 rings (SSSR count). The van der Waals surface area contributed by atoms with E-state index >= 15 is 0 Å². The van der Waals surface area contributed by atoms with Crippen molar-refractivity contribution in [3.63, 3.8) is 0 Å². The van der Waals surface area contributed by atoms with Gasteiger partial charge in [-0.15, -0.1) is 0 Å². The van der Waals surface area contributed by atoms with Crippen molar-refractivity contribution in [2.24, 2.45) is 0 Å². The van der Waals surface area contributed by atoms with E-state index in [1.807, 2.05) is 0 Å². The maximum atomic E-state index is 8.66. The molecule has 0 bridgehead atoms. The van der Waals surface area contributed by atoms with E-state index in [-0.39, 0.29) is 18.1 Å². The van der Waals surface area contributed by atoms with Gasteiger partial charge in [-0.05, 0) is 0 Å². The molecule has 0 amide bonds. The van der Waals surface area contributed by atoms with Crippen LogP contribution in [0.4, 0.5) is 0 Å². The molecule has 4 aromatic carbocycles. The Bertz CT molecular complexity index is 1880. The average Bonchev–Trinajstić information content (AvgIpc) is 3.52. The number of benzene rings is 4.